The number of fused-ring (bicyclic) bond motifs is 1. The van der Waals surface area contributed by atoms with Gasteiger partial charge in [-0.25, -0.2) is 4.98 Å². The lowest BCUT2D eigenvalue weighted by molar-refractivity contribution is -0.138. The second kappa shape index (κ2) is 3.09. The van der Waals surface area contributed by atoms with Crippen molar-refractivity contribution in [3.05, 3.63) is 23.8 Å². The van der Waals surface area contributed by atoms with Gasteiger partial charge in [-0.05, 0) is 6.92 Å². The highest BCUT2D eigenvalue weighted by Crippen LogP contribution is 2.16. The molecule has 0 amide bonds. The van der Waals surface area contributed by atoms with E-state index in [4.69, 9.17) is 10.8 Å². The molecule has 0 aliphatic carbocycles. The minimum absolute atomic E-state index is 0.536. The fourth-order valence-electron chi connectivity index (χ4n) is 1.59. The molecule has 0 saturated carbocycles. The number of aryl methyl sites for hydroxylation is 2. The first-order valence-corrected chi connectivity index (χ1v) is 4.50. The monoisotopic (exact) mass is 208 g/mol. The molecule has 0 aromatic carbocycles. The second-order valence-electron chi connectivity index (χ2n) is 3.50. The lowest BCUT2D eigenvalue weighted by atomic mass is 10.2. The molecule has 3 N–H and O–H groups in total. The van der Waals surface area contributed by atoms with Crippen LogP contribution in [0.2, 0.25) is 0 Å². The maximum absolute atomic E-state index is 10.8. The number of hydrogen-bond donors (Lipinski definition) is 2. The molecule has 0 aliphatic heterocycles. The summed E-state index contributed by atoms with van der Waals surface area (Å²) in [6.45, 7) is 1.90. The van der Waals surface area contributed by atoms with Gasteiger partial charge in [0.05, 0.1) is 11.9 Å². The Hall–Kier alpha value is -1.82. The highest BCUT2D eigenvalue weighted by molar-refractivity contribution is 5.74. The normalized spacial score (nSPS) is 13.3. The summed E-state index contributed by atoms with van der Waals surface area (Å²) in [6.07, 6.45) is 3.43. The molecule has 2 rings (SSSR count). The average molecular weight is 208 g/mol. The van der Waals surface area contributed by atoms with Gasteiger partial charge in [-0.15, -0.1) is 0 Å². The molecule has 2 aromatic rings. The quantitative estimate of drug-likeness (QED) is 0.731. The Morgan fingerprint density at radius 3 is 2.87 bits per heavy atom. The molecule has 0 radical (unpaired) electrons. The standard InChI is InChI=1S/C9H12N4O2/c1-5-3-11-9-12(2)6(4-13(5)9)7(10)8(14)15/h3-4,7H,10H2,1-2H3,(H,14,15). The molecule has 2 aromatic heterocycles. The second-order valence-corrected chi connectivity index (χ2v) is 3.50. The van der Waals surface area contributed by atoms with Gasteiger partial charge in [-0.3, -0.25) is 9.20 Å². The van der Waals surface area contributed by atoms with Crippen LogP contribution in [0.1, 0.15) is 17.4 Å². The first-order valence-electron chi connectivity index (χ1n) is 4.50. The summed E-state index contributed by atoms with van der Waals surface area (Å²) in [5, 5.41) is 8.82. The third kappa shape index (κ3) is 1.30. The van der Waals surface area contributed by atoms with Crippen molar-refractivity contribution in [1.82, 2.24) is 14.0 Å². The van der Waals surface area contributed by atoms with Crippen molar-refractivity contribution in [2.24, 2.45) is 12.8 Å². The number of nitrogens with zero attached hydrogens (tertiary/aromatic N) is 3. The summed E-state index contributed by atoms with van der Waals surface area (Å²) in [7, 11) is 1.75. The maximum atomic E-state index is 10.8. The first kappa shape index (κ1) is 9.72. The smallest absolute Gasteiger partial charge is 0.326 e. The van der Waals surface area contributed by atoms with E-state index in [1.807, 2.05) is 11.3 Å². The van der Waals surface area contributed by atoms with Crippen LogP contribution in [-0.2, 0) is 11.8 Å². The van der Waals surface area contributed by atoms with Crippen molar-refractivity contribution in [2.75, 3.05) is 0 Å². The van der Waals surface area contributed by atoms with E-state index in [0.29, 0.717) is 11.5 Å². The molecule has 15 heavy (non-hydrogen) atoms. The predicted molar refractivity (Wildman–Crippen MR) is 53.5 cm³/mol. The van der Waals surface area contributed by atoms with Gasteiger partial charge in [0.25, 0.3) is 0 Å². The fraction of sp³-hybridized carbons (Fsp3) is 0.333. The van der Waals surface area contributed by atoms with Crippen molar-refractivity contribution >= 4 is 11.7 Å². The summed E-state index contributed by atoms with van der Waals surface area (Å²) in [4.78, 5) is 14.9. The maximum Gasteiger partial charge on any atom is 0.326 e. The Labute approximate surface area is 85.9 Å². The Balaban J connectivity index is 2.62. The van der Waals surface area contributed by atoms with E-state index < -0.39 is 12.0 Å². The van der Waals surface area contributed by atoms with Crippen LogP contribution in [0.5, 0.6) is 0 Å². The van der Waals surface area contributed by atoms with Crippen LogP contribution in [0.25, 0.3) is 5.78 Å². The van der Waals surface area contributed by atoms with Crippen molar-refractivity contribution in [3.63, 3.8) is 0 Å². The minimum Gasteiger partial charge on any atom is -0.480 e. The summed E-state index contributed by atoms with van der Waals surface area (Å²) >= 11 is 0. The van der Waals surface area contributed by atoms with Crippen LogP contribution in [-0.4, -0.2) is 25.0 Å². The van der Waals surface area contributed by atoms with Crippen molar-refractivity contribution < 1.29 is 9.90 Å². The highest BCUT2D eigenvalue weighted by atomic mass is 16.4. The van der Waals surface area contributed by atoms with Gasteiger partial charge in [0.15, 0.2) is 0 Å². The number of aliphatic carboxylic acids is 1. The average Bonchev–Trinajstić information content (AvgIpc) is 2.68. The zero-order valence-corrected chi connectivity index (χ0v) is 8.51. The molecule has 0 aliphatic rings. The summed E-state index contributed by atoms with van der Waals surface area (Å²) in [5.41, 5.74) is 7.03. The largest absolute Gasteiger partial charge is 0.480 e. The number of aromatic nitrogens is 3. The number of rotatable bonds is 2. The number of imidazole rings is 2. The van der Waals surface area contributed by atoms with Gasteiger partial charge >= 0.3 is 5.97 Å². The van der Waals surface area contributed by atoms with Crippen LogP contribution >= 0.6 is 0 Å². The summed E-state index contributed by atoms with van der Waals surface area (Å²) < 4.78 is 3.50. The molecule has 80 valence electrons. The van der Waals surface area contributed by atoms with Gasteiger partial charge in [0.2, 0.25) is 5.78 Å². The Morgan fingerprint density at radius 1 is 1.67 bits per heavy atom. The molecule has 6 heteroatoms. The van der Waals surface area contributed by atoms with Gasteiger partial charge < -0.3 is 15.4 Å². The van der Waals surface area contributed by atoms with Crippen molar-refractivity contribution in [2.45, 2.75) is 13.0 Å². The molecule has 2 heterocycles. The van der Waals surface area contributed by atoms with E-state index in [1.54, 1.807) is 24.0 Å². The molecular weight excluding hydrogens is 196 g/mol. The lowest BCUT2D eigenvalue weighted by Gasteiger charge is -2.06. The highest BCUT2D eigenvalue weighted by Gasteiger charge is 2.20. The topological polar surface area (TPSA) is 85.5 Å². The molecule has 0 spiro atoms. The molecule has 1 unspecified atom stereocenters. The molecule has 0 fully saturated rings. The van der Waals surface area contributed by atoms with Crippen molar-refractivity contribution in [3.8, 4) is 0 Å². The van der Waals surface area contributed by atoms with Gasteiger partial charge in [0, 0.05) is 18.9 Å². The van der Waals surface area contributed by atoms with Gasteiger partial charge in [0.1, 0.15) is 6.04 Å². The fourth-order valence-corrected chi connectivity index (χ4v) is 1.59. The number of hydrogen-bond acceptors (Lipinski definition) is 3. The molecular formula is C9H12N4O2. The third-order valence-corrected chi connectivity index (χ3v) is 2.50. The van der Waals surface area contributed by atoms with Crippen LogP contribution in [0.4, 0.5) is 0 Å². The molecule has 0 saturated heterocycles. The number of carboxylic acid groups (broad SMARTS) is 1. The SMILES string of the molecule is Cc1cnc2n(C)c(C(N)C(=O)O)cn12. The van der Waals surface area contributed by atoms with E-state index in [9.17, 15) is 4.79 Å². The van der Waals surface area contributed by atoms with Gasteiger partial charge in [-0.2, -0.15) is 0 Å². The Morgan fingerprint density at radius 2 is 2.33 bits per heavy atom. The number of carboxylic acids is 1. The Kier molecular flexibility index (Phi) is 2.01. The van der Waals surface area contributed by atoms with E-state index >= 15 is 0 Å². The van der Waals surface area contributed by atoms with Crippen LogP contribution in [0.15, 0.2) is 12.4 Å². The van der Waals surface area contributed by atoms with Crippen LogP contribution < -0.4 is 5.73 Å². The summed E-state index contributed by atoms with van der Waals surface area (Å²) in [5.74, 6) is -0.351. The van der Waals surface area contributed by atoms with Gasteiger partial charge in [-0.1, -0.05) is 0 Å². The van der Waals surface area contributed by atoms with Crippen LogP contribution in [0.3, 0.4) is 0 Å². The zero-order chi connectivity index (χ0) is 11.2. The third-order valence-electron chi connectivity index (χ3n) is 2.50. The minimum atomic E-state index is -1.04. The van der Waals surface area contributed by atoms with E-state index in [1.165, 1.54) is 0 Å². The predicted octanol–water partition coefficient (Wildman–Crippen LogP) is 0.0656. The van der Waals surface area contributed by atoms with E-state index in [-0.39, 0.29) is 0 Å². The number of carbonyl (C=O) groups is 1. The van der Waals surface area contributed by atoms with Crippen molar-refractivity contribution in [1.29, 1.82) is 0 Å². The molecule has 1 atom stereocenters. The first-order chi connectivity index (χ1) is 7.02. The lowest BCUT2D eigenvalue weighted by Crippen LogP contribution is -2.23. The summed E-state index contributed by atoms with van der Waals surface area (Å²) in [6, 6.07) is -1.02. The molecule has 6 nitrogen and oxygen atoms in total. The van der Waals surface area contributed by atoms with E-state index in [0.717, 1.165) is 5.69 Å². The van der Waals surface area contributed by atoms with Crippen LogP contribution in [0, 0.1) is 6.92 Å². The Bertz CT molecular complexity index is 525. The van der Waals surface area contributed by atoms with E-state index in [2.05, 4.69) is 4.98 Å². The number of nitrogens with two attached hydrogens (primary N) is 1. The zero-order valence-electron chi connectivity index (χ0n) is 8.51. The molecule has 0 bridgehead atoms.